The summed E-state index contributed by atoms with van der Waals surface area (Å²) in [6.45, 7) is 0. The molecule has 0 fully saturated rings. The van der Waals surface area contributed by atoms with Gasteiger partial charge < -0.3 is 5.11 Å². The van der Waals surface area contributed by atoms with Crippen LogP contribution in [0.15, 0.2) is 42.5 Å². The van der Waals surface area contributed by atoms with Crippen molar-refractivity contribution in [3.05, 3.63) is 65.0 Å². The number of rotatable bonds is 2. The zero-order chi connectivity index (χ0) is 15.1. The Balaban J connectivity index is 2.08. The van der Waals surface area contributed by atoms with Gasteiger partial charge in [0.25, 0.3) is 11.8 Å². The molecular formula is C15H8FNO4. The van der Waals surface area contributed by atoms with Crippen LogP contribution in [0, 0.1) is 5.82 Å². The van der Waals surface area contributed by atoms with Crippen LogP contribution in [-0.4, -0.2) is 22.9 Å². The number of carbonyl (C=O) groups is 3. The second-order valence-electron chi connectivity index (χ2n) is 4.49. The van der Waals surface area contributed by atoms with E-state index in [1.165, 1.54) is 30.3 Å². The van der Waals surface area contributed by atoms with Gasteiger partial charge in [0.1, 0.15) is 5.82 Å². The number of aromatic carboxylic acids is 1. The predicted molar refractivity (Wildman–Crippen MR) is 70.9 cm³/mol. The molecule has 0 spiro atoms. The van der Waals surface area contributed by atoms with E-state index >= 15 is 0 Å². The molecule has 0 bridgehead atoms. The number of nitrogens with zero attached hydrogens (tertiary/aromatic N) is 1. The smallest absolute Gasteiger partial charge is 0.335 e. The molecule has 0 atom stereocenters. The maximum atomic E-state index is 12.9. The summed E-state index contributed by atoms with van der Waals surface area (Å²) in [4.78, 5) is 36.3. The largest absolute Gasteiger partial charge is 0.478 e. The summed E-state index contributed by atoms with van der Waals surface area (Å²) in [5.41, 5.74) is 0.328. The van der Waals surface area contributed by atoms with Crippen LogP contribution < -0.4 is 4.90 Å². The lowest BCUT2D eigenvalue weighted by Crippen LogP contribution is -2.29. The third-order valence-corrected chi connectivity index (χ3v) is 3.22. The first-order valence-electron chi connectivity index (χ1n) is 6.01. The lowest BCUT2D eigenvalue weighted by Gasteiger charge is -2.13. The average molecular weight is 285 g/mol. The Labute approximate surface area is 118 Å². The molecule has 6 heteroatoms. The molecule has 1 N–H and O–H groups in total. The molecule has 0 unspecified atom stereocenters. The zero-order valence-corrected chi connectivity index (χ0v) is 10.5. The highest BCUT2D eigenvalue weighted by atomic mass is 19.1. The molecule has 21 heavy (non-hydrogen) atoms. The molecule has 0 saturated carbocycles. The van der Waals surface area contributed by atoms with Gasteiger partial charge in [0, 0.05) is 0 Å². The van der Waals surface area contributed by atoms with Crippen LogP contribution >= 0.6 is 0 Å². The number of carbonyl (C=O) groups excluding carboxylic acids is 2. The zero-order valence-electron chi connectivity index (χ0n) is 10.5. The van der Waals surface area contributed by atoms with Gasteiger partial charge in [-0.1, -0.05) is 0 Å². The molecule has 1 heterocycles. The fourth-order valence-electron chi connectivity index (χ4n) is 2.20. The molecule has 2 aromatic carbocycles. The standard InChI is InChI=1S/C15H8FNO4/c16-9-2-4-10(5-3-9)17-13(18)11-6-1-8(15(20)21)7-12(11)14(17)19/h1-7H,(H,20,21). The molecule has 0 aromatic heterocycles. The van der Waals surface area contributed by atoms with Crippen LogP contribution in [0.2, 0.25) is 0 Å². The van der Waals surface area contributed by atoms with E-state index in [4.69, 9.17) is 5.11 Å². The van der Waals surface area contributed by atoms with E-state index in [9.17, 15) is 18.8 Å². The summed E-state index contributed by atoms with van der Waals surface area (Å²) < 4.78 is 12.9. The van der Waals surface area contributed by atoms with E-state index in [0.717, 1.165) is 17.0 Å². The Kier molecular flexibility index (Phi) is 2.79. The van der Waals surface area contributed by atoms with Crippen LogP contribution in [0.1, 0.15) is 31.1 Å². The van der Waals surface area contributed by atoms with Crippen molar-refractivity contribution in [2.24, 2.45) is 0 Å². The van der Waals surface area contributed by atoms with Crippen molar-refractivity contribution in [2.75, 3.05) is 4.90 Å². The summed E-state index contributed by atoms with van der Waals surface area (Å²) in [6.07, 6.45) is 0. The van der Waals surface area contributed by atoms with Gasteiger partial charge in [-0.15, -0.1) is 0 Å². The first-order chi connectivity index (χ1) is 9.99. The van der Waals surface area contributed by atoms with Gasteiger partial charge in [-0.3, -0.25) is 9.59 Å². The normalized spacial score (nSPS) is 13.5. The third kappa shape index (κ3) is 1.97. The average Bonchev–Trinajstić information content (AvgIpc) is 2.72. The van der Waals surface area contributed by atoms with Crippen LogP contribution in [0.4, 0.5) is 10.1 Å². The second-order valence-corrected chi connectivity index (χ2v) is 4.49. The lowest BCUT2D eigenvalue weighted by molar-refractivity contribution is 0.0696. The number of hydrogen-bond acceptors (Lipinski definition) is 3. The van der Waals surface area contributed by atoms with Gasteiger partial charge in [-0.05, 0) is 42.5 Å². The van der Waals surface area contributed by atoms with Crippen molar-refractivity contribution in [1.29, 1.82) is 0 Å². The summed E-state index contributed by atoms with van der Waals surface area (Å²) in [5.74, 6) is -2.84. The molecule has 0 aliphatic carbocycles. The van der Waals surface area contributed by atoms with Gasteiger partial charge in [-0.2, -0.15) is 0 Å². The van der Waals surface area contributed by atoms with Gasteiger partial charge in [0.05, 0.1) is 22.4 Å². The maximum absolute atomic E-state index is 12.9. The fraction of sp³-hybridized carbons (Fsp3) is 0. The van der Waals surface area contributed by atoms with Crippen molar-refractivity contribution in [3.8, 4) is 0 Å². The van der Waals surface area contributed by atoms with E-state index in [1.54, 1.807) is 0 Å². The highest BCUT2D eigenvalue weighted by Crippen LogP contribution is 2.29. The lowest BCUT2D eigenvalue weighted by atomic mass is 10.1. The first-order valence-corrected chi connectivity index (χ1v) is 6.01. The van der Waals surface area contributed by atoms with Crippen LogP contribution in [0.5, 0.6) is 0 Å². The second kappa shape index (κ2) is 4.52. The molecule has 5 nitrogen and oxygen atoms in total. The van der Waals surface area contributed by atoms with Gasteiger partial charge in [-0.25, -0.2) is 14.1 Å². The van der Waals surface area contributed by atoms with Crippen molar-refractivity contribution in [3.63, 3.8) is 0 Å². The minimum Gasteiger partial charge on any atom is -0.478 e. The number of benzene rings is 2. The summed E-state index contributed by atoms with van der Waals surface area (Å²) in [7, 11) is 0. The van der Waals surface area contributed by atoms with Gasteiger partial charge in [0.15, 0.2) is 0 Å². The number of anilines is 1. The molecule has 0 radical (unpaired) electrons. The predicted octanol–water partition coefficient (Wildman–Crippen LogP) is 2.32. The molecule has 104 valence electrons. The minimum atomic E-state index is -1.18. The first kappa shape index (κ1) is 13.0. The van der Waals surface area contributed by atoms with E-state index < -0.39 is 23.6 Å². The van der Waals surface area contributed by atoms with Crippen LogP contribution in [0.3, 0.4) is 0 Å². The molecule has 2 aromatic rings. The third-order valence-electron chi connectivity index (χ3n) is 3.22. The Hall–Kier alpha value is -3.02. The summed E-state index contributed by atoms with van der Waals surface area (Å²) >= 11 is 0. The van der Waals surface area contributed by atoms with Crippen molar-refractivity contribution in [1.82, 2.24) is 0 Å². The molecular weight excluding hydrogens is 277 g/mol. The Bertz CT molecular complexity index is 783. The number of carboxylic acid groups (broad SMARTS) is 1. The maximum Gasteiger partial charge on any atom is 0.335 e. The fourth-order valence-corrected chi connectivity index (χ4v) is 2.20. The number of halogens is 1. The quantitative estimate of drug-likeness (QED) is 0.859. The molecule has 2 amide bonds. The topological polar surface area (TPSA) is 74.7 Å². The number of imide groups is 1. The molecule has 3 rings (SSSR count). The molecule has 1 aliphatic rings. The van der Waals surface area contributed by atoms with Crippen molar-refractivity contribution < 1.29 is 23.9 Å². The molecule has 0 saturated heterocycles. The molecule has 1 aliphatic heterocycles. The number of fused-ring (bicyclic) bond motifs is 1. The number of carboxylic acids is 1. The summed E-state index contributed by atoms with van der Waals surface area (Å²) in [5, 5.41) is 8.93. The highest BCUT2D eigenvalue weighted by molar-refractivity contribution is 6.34. The Morgan fingerprint density at radius 3 is 2.19 bits per heavy atom. The van der Waals surface area contributed by atoms with Gasteiger partial charge in [0.2, 0.25) is 0 Å². The van der Waals surface area contributed by atoms with E-state index in [1.807, 2.05) is 0 Å². The van der Waals surface area contributed by atoms with E-state index in [0.29, 0.717) is 0 Å². The van der Waals surface area contributed by atoms with Crippen LogP contribution in [0.25, 0.3) is 0 Å². The number of amides is 2. The monoisotopic (exact) mass is 285 g/mol. The van der Waals surface area contributed by atoms with E-state index in [2.05, 4.69) is 0 Å². The van der Waals surface area contributed by atoms with E-state index in [-0.39, 0.29) is 22.4 Å². The van der Waals surface area contributed by atoms with Gasteiger partial charge >= 0.3 is 5.97 Å². The SMILES string of the molecule is O=C(O)c1ccc2c(c1)C(=O)N(c1ccc(F)cc1)C2=O. The van der Waals surface area contributed by atoms with Crippen LogP contribution in [-0.2, 0) is 0 Å². The minimum absolute atomic E-state index is 0.0317. The van der Waals surface area contributed by atoms with Crippen molar-refractivity contribution in [2.45, 2.75) is 0 Å². The van der Waals surface area contributed by atoms with Crippen molar-refractivity contribution >= 4 is 23.5 Å². The number of hydrogen-bond donors (Lipinski definition) is 1. The highest BCUT2D eigenvalue weighted by Gasteiger charge is 2.37. The Morgan fingerprint density at radius 2 is 1.57 bits per heavy atom. The summed E-state index contributed by atoms with van der Waals surface area (Å²) in [6, 6.07) is 8.65. The Morgan fingerprint density at radius 1 is 0.952 bits per heavy atom.